The van der Waals surface area contributed by atoms with Gasteiger partial charge in [-0.25, -0.2) is 13.8 Å². The number of hydrogen-bond donors (Lipinski definition) is 1. The number of nitrogens with zero attached hydrogens (tertiary/aromatic N) is 3. The standard InChI is InChI=1S/C17H16F2N4OS.ClH/c18-13-3-4-14-16(15(13)19)25-17(22-14)23-7-6-21-8-11(23)10-24-12-2-1-5-20-9-12;/h1-5,9,11,21H,6-8,10H2;1H/t11-;/m1./s1. The van der Waals surface area contributed by atoms with Crippen molar-refractivity contribution < 1.29 is 13.5 Å². The van der Waals surface area contributed by atoms with Gasteiger partial charge in [-0.2, -0.15) is 0 Å². The molecule has 4 rings (SSSR count). The summed E-state index contributed by atoms with van der Waals surface area (Å²) in [5, 5.41) is 4.01. The molecule has 5 nitrogen and oxygen atoms in total. The lowest BCUT2D eigenvalue weighted by Crippen LogP contribution is -2.54. The van der Waals surface area contributed by atoms with E-state index in [2.05, 4.69) is 20.2 Å². The number of nitrogens with one attached hydrogen (secondary N) is 1. The normalized spacial score (nSPS) is 17.2. The molecule has 3 aromatic rings. The number of aromatic nitrogens is 2. The van der Waals surface area contributed by atoms with Crippen molar-refractivity contribution in [3.8, 4) is 5.75 Å². The molecule has 0 aliphatic carbocycles. The van der Waals surface area contributed by atoms with E-state index in [9.17, 15) is 8.78 Å². The van der Waals surface area contributed by atoms with E-state index < -0.39 is 11.6 Å². The molecule has 138 valence electrons. The Kier molecular flexibility index (Phi) is 5.85. The van der Waals surface area contributed by atoms with Gasteiger partial charge in [0.25, 0.3) is 0 Å². The Bertz CT molecular complexity index is 880. The quantitative estimate of drug-likeness (QED) is 0.731. The zero-order chi connectivity index (χ0) is 17.2. The van der Waals surface area contributed by atoms with Crippen LogP contribution in [-0.2, 0) is 0 Å². The number of piperazine rings is 1. The second-order valence-electron chi connectivity index (χ2n) is 5.76. The van der Waals surface area contributed by atoms with Crippen LogP contribution >= 0.6 is 23.7 Å². The Morgan fingerprint density at radius 1 is 1.31 bits per heavy atom. The summed E-state index contributed by atoms with van der Waals surface area (Å²) in [7, 11) is 0. The van der Waals surface area contributed by atoms with Crippen LogP contribution in [0.1, 0.15) is 0 Å². The zero-order valence-corrected chi connectivity index (χ0v) is 15.3. The van der Waals surface area contributed by atoms with Gasteiger partial charge in [0.05, 0.1) is 22.5 Å². The smallest absolute Gasteiger partial charge is 0.187 e. The number of benzene rings is 1. The monoisotopic (exact) mass is 398 g/mol. The van der Waals surface area contributed by atoms with E-state index in [1.807, 2.05) is 12.1 Å². The second kappa shape index (κ2) is 8.11. The van der Waals surface area contributed by atoms with Crippen LogP contribution < -0.4 is 15.0 Å². The number of halogens is 3. The molecule has 0 radical (unpaired) electrons. The lowest BCUT2D eigenvalue weighted by Gasteiger charge is -2.35. The SMILES string of the molecule is Cl.Fc1ccc2nc(N3CCNC[C@@H]3COc3cccnc3)sc2c1F. The Hall–Kier alpha value is -2.03. The molecule has 0 amide bonds. The maximum Gasteiger partial charge on any atom is 0.187 e. The molecule has 26 heavy (non-hydrogen) atoms. The first-order valence-electron chi connectivity index (χ1n) is 7.97. The van der Waals surface area contributed by atoms with Gasteiger partial charge in [-0.1, -0.05) is 11.3 Å². The summed E-state index contributed by atoms with van der Waals surface area (Å²) in [6, 6.07) is 6.34. The molecule has 2 aromatic heterocycles. The number of rotatable bonds is 4. The number of ether oxygens (including phenoxy) is 1. The van der Waals surface area contributed by atoms with Crippen LogP contribution in [0.3, 0.4) is 0 Å². The van der Waals surface area contributed by atoms with Gasteiger partial charge in [0.1, 0.15) is 12.4 Å². The lowest BCUT2D eigenvalue weighted by molar-refractivity contribution is 0.266. The summed E-state index contributed by atoms with van der Waals surface area (Å²) in [6.07, 6.45) is 3.35. The van der Waals surface area contributed by atoms with Gasteiger partial charge in [-0.15, -0.1) is 12.4 Å². The van der Waals surface area contributed by atoms with Crippen molar-refractivity contribution in [2.75, 3.05) is 31.1 Å². The first-order valence-corrected chi connectivity index (χ1v) is 8.79. The fourth-order valence-electron chi connectivity index (χ4n) is 2.83. The number of pyridine rings is 1. The Labute approximate surface area is 159 Å². The predicted octanol–water partition coefficient (Wildman–Crippen LogP) is 3.25. The van der Waals surface area contributed by atoms with E-state index in [0.717, 1.165) is 25.7 Å². The molecular weight excluding hydrogens is 382 g/mol. The molecule has 9 heteroatoms. The maximum absolute atomic E-state index is 14.0. The second-order valence-corrected chi connectivity index (χ2v) is 6.73. The van der Waals surface area contributed by atoms with Gasteiger partial charge in [-0.3, -0.25) is 4.98 Å². The fraction of sp³-hybridized carbons (Fsp3) is 0.294. The van der Waals surface area contributed by atoms with Crippen molar-refractivity contribution in [3.05, 3.63) is 48.3 Å². The van der Waals surface area contributed by atoms with Crippen LogP contribution in [0.15, 0.2) is 36.7 Å². The van der Waals surface area contributed by atoms with Gasteiger partial charge < -0.3 is 15.0 Å². The zero-order valence-electron chi connectivity index (χ0n) is 13.7. The topological polar surface area (TPSA) is 50.3 Å². The first kappa shape index (κ1) is 18.8. The van der Waals surface area contributed by atoms with Crippen LogP contribution in [0.25, 0.3) is 10.2 Å². The minimum atomic E-state index is -0.848. The van der Waals surface area contributed by atoms with E-state index in [1.165, 1.54) is 17.4 Å². The third-order valence-corrected chi connectivity index (χ3v) is 5.21. The van der Waals surface area contributed by atoms with Crippen molar-refractivity contribution in [1.29, 1.82) is 0 Å². The predicted molar refractivity (Wildman–Crippen MR) is 101 cm³/mol. The van der Waals surface area contributed by atoms with Crippen molar-refractivity contribution >= 4 is 39.1 Å². The van der Waals surface area contributed by atoms with E-state index in [0.29, 0.717) is 23.0 Å². The molecule has 1 atom stereocenters. The number of thiazole rings is 1. The van der Waals surface area contributed by atoms with Gasteiger partial charge >= 0.3 is 0 Å². The van der Waals surface area contributed by atoms with Gasteiger partial charge in [0.2, 0.25) is 0 Å². The number of fused-ring (bicyclic) bond motifs is 1. The highest BCUT2D eigenvalue weighted by molar-refractivity contribution is 7.22. The summed E-state index contributed by atoms with van der Waals surface area (Å²) in [5.74, 6) is -0.982. The molecule has 1 fully saturated rings. The number of hydrogen-bond acceptors (Lipinski definition) is 6. The van der Waals surface area contributed by atoms with Crippen LogP contribution in [0.5, 0.6) is 5.75 Å². The van der Waals surface area contributed by atoms with E-state index in [-0.39, 0.29) is 23.1 Å². The average molecular weight is 399 g/mol. The molecular formula is C17H17ClF2N4OS. The Balaban J connectivity index is 0.00000196. The van der Waals surface area contributed by atoms with Crippen molar-refractivity contribution in [2.24, 2.45) is 0 Å². The first-order chi connectivity index (χ1) is 12.2. The lowest BCUT2D eigenvalue weighted by atomic mass is 10.2. The largest absolute Gasteiger partial charge is 0.490 e. The van der Waals surface area contributed by atoms with E-state index in [4.69, 9.17) is 4.74 Å². The highest BCUT2D eigenvalue weighted by Gasteiger charge is 2.26. The summed E-state index contributed by atoms with van der Waals surface area (Å²) in [6.45, 7) is 2.71. The molecule has 1 aromatic carbocycles. The average Bonchev–Trinajstić information content (AvgIpc) is 3.09. The van der Waals surface area contributed by atoms with Crippen molar-refractivity contribution in [2.45, 2.75) is 6.04 Å². The van der Waals surface area contributed by atoms with E-state index in [1.54, 1.807) is 12.4 Å². The molecule has 0 bridgehead atoms. The summed E-state index contributed by atoms with van der Waals surface area (Å²) in [4.78, 5) is 10.6. The fourth-order valence-corrected chi connectivity index (χ4v) is 3.92. The summed E-state index contributed by atoms with van der Waals surface area (Å²) in [5.41, 5.74) is 0.476. The molecule has 1 saturated heterocycles. The van der Waals surface area contributed by atoms with Crippen LogP contribution in [-0.4, -0.2) is 42.3 Å². The molecule has 0 saturated carbocycles. The summed E-state index contributed by atoms with van der Waals surface area (Å²) < 4.78 is 33.5. The molecule has 3 heterocycles. The highest BCUT2D eigenvalue weighted by Crippen LogP contribution is 2.33. The Morgan fingerprint density at radius 3 is 3.00 bits per heavy atom. The number of anilines is 1. The van der Waals surface area contributed by atoms with Crippen LogP contribution in [0, 0.1) is 11.6 Å². The molecule has 1 N–H and O–H groups in total. The molecule has 1 aliphatic heterocycles. The highest BCUT2D eigenvalue weighted by atomic mass is 35.5. The van der Waals surface area contributed by atoms with Crippen LogP contribution in [0.4, 0.5) is 13.9 Å². The van der Waals surface area contributed by atoms with Crippen LogP contribution in [0.2, 0.25) is 0 Å². The van der Waals surface area contributed by atoms with E-state index >= 15 is 0 Å². The Morgan fingerprint density at radius 2 is 2.19 bits per heavy atom. The van der Waals surface area contributed by atoms with Gasteiger partial charge in [-0.05, 0) is 24.3 Å². The molecule has 0 spiro atoms. The minimum Gasteiger partial charge on any atom is -0.490 e. The van der Waals surface area contributed by atoms with Gasteiger partial charge in [0, 0.05) is 25.8 Å². The maximum atomic E-state index is 14.0. The third kappa shape index (κ3) is 3.72. The van der Waals surface area contributed by atoms with Crippen molar-refractivity contribution in [1.82, 2.24) is 15.3 Å². The summed E-state index contributed by atoms with van der Waals surface area (Å²) >= 11 is 1.17. The third-order valence-electron chi connectivity index (χ3n) is 4.11. The molecule has 0 unspecified atom stereocenters. The van der Waals surface area contributed by atoms with Gasteiger partial charge in [0.15, 0.2) is 16.8 Å². The van der Waals surface area contributed by atoms with Crippen molar-refractivity contribution in [3.63, 3.8) is 0 Å². The minimum absolute atomic E-state index is 0. The molecule has 1 aliphatic rings.